The largest absolute Gasteiger partial charge is 0.449 e. The van der Waals surface area contributed by atoms with Gasteiger partial charge < -0.3 is 4.42 Å². The molecule has 1 heterocycles. The van der Waals surface area contributed by atoms with Crippen LogP contribution in [0.15, 0.2) is 10.5 Å². The molecule has 66 valence electrons. The highest BCUT2D eigenvalue weighted by Crippen LogP contribution is 2.20. The average molecular weight is 187 g/mol. The van der Waals surface area contributed by atoms with Crippen LogP contribution in [0, 0.1) is 0 Å². The van der Waals surface area contributed by atoms with Gasteiger partial charge in [0.2, 0.25) is 5.22 Å². The van der Waals surface area contributed by atoms with E-state index in [1.54, 1.807) is 6.07 Å². The van der Waals surface area contributed by atoms with E-state index in [1.165, 1.54) is 0 Å². The minimum Gasteiger partial charge on any atom is -0.449 e. The van der Waals surface area contributed by atoms with E-state index in [9.17, 15) is 4.79 Å². The van der Waals surface area contributed by atoms with Crippen LogP contribution in [0.1, 0.15) is 35.9 Å². The molecule has 0 spiro atoms. The van der Waals surface area contributed by atoms with Crippen LogP contribution in [0.5, 0.6) is 0 Å². The van der Waals surface area contributed by atoms with Crippen LogP contribution < -0.4 is 0 Å². The first-order valence-corrected chi connectivity index (χ1v) is 4.39. The fourth-order valence-electron chi connectivity index (χ4n) is 0.988. The minimum atomic E-state index is 0.205. The summed E-state index contributed by atoms with van der Waals surface area (Å²) in [5.41, 5.74) is 0.447. The molecule has 12 heavy (non-hydrogen) atoms. The van der Waals surface area contributed by atoms with Gasteiger partial charge in [0.15, 0.2) is 6.29 Å². The predicted molar refractivity (Wildman–Crippen MR) is 47.7 cm³/mol. The molecule has 0 fully saturated rings. The molecule has 2 nitrogen and oxygen atoms in total. The van der Waals surface area contributed by atoms with Gasteiger partial charge in [0.1, 0.15) is 5.76 Å². The molecule has 0 saturated heterocycles. The lowest BCUT2D eigenvalue weighted by Crippen LogP contribution is -1.79. The molecule has 0 saturated carbocycles. The van der Waals surface area contributed by atoms with Gasteiger partial charge in [0.05, 0.1) is 5.56 Å². The van der Waals surface area contributed by atoms with Crippen LogP contribution in [-0.2, 0) is 6.42 Å². The predicted octanol–water partition coefficient (Wildman–Crippen LogP) is 3.09. The minimum absolute atomic E-state index is 0.205. The topological polar surface area (TPSA) is 30.2 Å². The Morgan fingerprint density at radius 3 is 2.92 bits per heavy atom. The summed E-state index contributed by atoms with van der Waals surface area (Å²) < 4.78 is 5.14. The smallest absolute Gasteiger partial charge is 0.203 e. The molecule has 0 aromatic carbocycles. The third-order valence-electron chi connectivity index (χ3n) is 1.67. The number of aryl methyl sites for hydroxylation is 1. The number of hydrogen-bond acceptors (Lipinski definition) is 2. The average Bonchev–Trinajstić information content (AvgIpc) is 2.43. The highest BCUT2D eigenvalue weighted by Gasteiger charge is 2.06. The van der Waals surface area contributed by atoms with Gasteiger partial charge in [-0.2, -0.15) is 0 Å². The summed E-state index contributed by atoms with van der Waals surface area (Å²) >= 11 is 5.63. The fourth-order valence-corrected chi connectivity index (χ4v) is 1.19. The SMILES string of the molecule is CCCCc1cc(C=O)c(Cl)o1. The zero-order chi connectivity index (χ0) is 8.97. The first-order valence-electron chi connectivity index (χ1n) is 4.01. The van der Waals surface area contributed by atoms with Crippen LogP contribution in [0.25, 0.3) is 0 Å². The van der Waals surface area contributed by atoms with E-state index < -0.39 is 0 Å². The third-order valence-corrected chi connectivity index (χ3v) is 1.96. The molecule has 0 amide bonds. The Morgan fingerprint density at radius 2 is 2.42 bits per heavy atom. The third kappa shape index (κ3) is 2.11. The normalized spacial score (nSPS) is 10.2. The zero-order valence-electron chi connectivity index (χ0n) is 6.97. The Morgan fingerprint density at radius 1 is 1.67 bits per heavy atom. The van der Waals surface area contributed by atoms with Crippen molar-refractivity contribution in [2.45, 2.75) is 26.2 Å². The van der Waals surface area contributed by atoms with E-state index in [0.717, 1.165) is 25.0 Å². The van der Waals surface area contributed by atoms with Crippen LogP contribution in [0.4, 0.5) is 0 Å². The van der Waals surface area contributed by atoms with Gasteiger partial charge in [0.25, 0.3) is 0 Å². The van der Waals surface area contributed by atoms with Crippen molar-refractivity contribution in [2.24, 2.45) is 0 Å². The van der Waals surface area contributed by atoms with Crippen molar-refractivity contribution in [1.29, 1.82) is 0 Å². The van der Waals surface area contributed by atoms with Gasteiger partial charge in [-0.25, -0.2) is 0 Å². The Labute approximate surface area is 76.5 Å². The van der Waals surface area contributed by atoms with Crippen LogP contribution >= 0.6 is 11.6 Å². The summed E-state index contributed by atoms with van der Waals surface area (Å²) in [7, 11) is 0. The van der Waals surface area contributed by atoms with E-state index in [1.807, 2.05) is 0 Å². The molecular weight excluding hydrogens is 176 g/mol. The molecule has 0 aliphatic rings. The lowest BCUT2D eigenvalue weighted by molar-refractivity contribution is 0.112. The number of hydrogen-bond donors (Lipinski definition) is 0. The summed E-state index contributed by atoms with van der Waals surface area (Å²) in [5, 5.41) is 0.205. The van der Waals surface area contributed by atoms with Crippen molar-refractivity contribution in [3.8, 4) is 0 Å². The van der Waals surface area contributed by atoms with Gasteiger partial charge in [-0.15, -0.1) is 0 Å². The van der Waals surface area contributed by atoms with E-state index in [-0.39, 0.29) is 5.22 Å². The maximum Gasteiger partial charge on any atom is 0.203 e. The molecule has 0 aliphatic heterocycles. The zero-order valence-corrected chi connectivity index (χ0v) is 7.73. The molecule has 1 aromatic rings. The monoisotopic (exact) mass is 186 g/mol. The molecule has 1 rings (SSSR count). The maximum absolute atomic E-state index is 10.4. The highest BCUT2D eigenvalue weighted by atomic mass is 35.5. The van der Waals surface area contributed by atoms with E-state index >= 15 is 0 Å². The number of furan rings is 1. The van der Waals surface area contributed by atoms with Crippen LogP contribution in [0.3, 0.4) is 0 Å². The molecule has 0 aliphatic carbocycles. The van der Waals surface area contributed by atoms with Gasteiger partial charge in [-0.1, -0.05) is 13.3 Å². The molecule has 0 radical (unpaired) electrons. The second-order valence-electron chi connectivity index (χ2n) is 2.66. The highest BCUT2D eigenvalue weighted by molar-refractivity contribution is 6.31. The summed E-state index contributed by atoms with van der Waals surface area (Å²) in [4.78, 5) is 10.4. The first kappa shape index (κ1) is 9.33. The number of carbonyl (C=O) groups excluding carboxylic acids is 1. The lowest BCUT2D eigenvalue weighted by atomic mass is 10.2. The Balaban J connectivity index is 2.68. The Kier molecular flexibility index (Phi) is 3.35. The van der Waals surface area contributed by atoms with E-state index in [0.29, 0.717) is 11.8 Å². The second-order valence-corrected chi connectivity index (χ2v) is 3.01. The molecular formula is C9H11ClO2. The quantitative estimate of drug-likeness (QED) is 0.677. The number of aldehydes is 1. The van der Waals surface area contributed by atoms with E-state index in [4.69, 9.17) is 16.0 Å². The molecule has 0 atom stereocenters. The lowest BCUT2D eigenvalue weighted by Gasteiger charge is -1.90. The second kappa shape index (κ2) is 4.31. The van der Waals surface area contributed by atoms with Crippen molar-refractivity contribution in [1.82, 2.24) is 0 Å². The standard InChI is InChI=1S/C9H11ClO2/c1-2-3-4-8-5-7(6-11)9(10)12-8/h5-6H,2-4H2,1H3. The molecule has 1 aromatic heterocycles. The van der Waals surface area contributed by atoms with Gasteiger partial charge in [-0.05, 0) is 24.1 Å². The Hall–Kier alpha value is -0.760. The van der Waals surface area contributed by atoms with Gasteiger partial charge in [0, 0.05) is 6.42 Å². The summed E-state index contributed by atoms with van der Waals surface area (Å²) in [5.74, 6) is 0.795. The van der Waals surface area contributed by atoms with Crippen molar-refractivity contribution >= 4 is 17.9 Å². The summed E-state index contributed by atoms with van der Waals surface area (Å²) in [6.07, 6.45) is 3.72. The van der Waals surface area contributed by atoms with Crippen molar-refractivity contribution < 1.29 is 9.21 Å². The molecule has 0 unspecified atom stereocenters. The summed E-state index contributed by atoms with van der Waals surface area (Å²) in [6.45, 7) is 2.10. The first-order chi connectivity index (χ1) is 5.77. The number of carbonyl (C=O) groups is 1. The van der Waals surface area contributed by atoms with Crippen molar-refractivity contribution in [3.63, 3.8) is 0 Å². The summed E-state index contributed by atoms with van der Waals surface area (Å²) in [6, 6.07) is 1.70. The molecule has 0 bridgehead atoms. The molecule has 0 N–H and O–H groups in total. The Bertz CT molecular complexity index is 265. The molecule has 3 heteroatoms. The number of unbranched alkanes of at least 4 members (excludes halogenated alkanes) is 1. The van der Waals surface area contributed by atoms with Crippen molar-refractivity contribution in [3.05, 3.63) is 22.6 Å². The number of halogens is 1. The maximum atomic E-state index is 10.4. The van der Waals surface area contributed by atoms with Crippen LogP contribution in [0.2, 0.25) is 5.22 Å². The van der Waals surface area contributed by atoms with Crippen LogP contribution in [-0.4, -0.2) is 6.29 Å². The van der Waals surface area contributed by atoms with Gasteiger partial charge >= 0.3 is 0 Å². The fraction of sp³-hybridized carbons (Fsp3) is 0.444. The van der Waals surface area contributed by atoms with E-state index in [2.05, 4.69) is 6.92 Å². The van der Waals surface area contributed by atoms with Gasteiger partial charge in [-0.3, -0.25) is 4.79 Å². The van der Waals surface area contributed by atoms with Crippen molar-refractivity contribution in [2.75, 3.05) is 0 Å². The number of rotatable bonds is 4.